The molecule has 21 heavy (non-hydrogen) atoms. The molecule has 1 unspecified atom stereocenters. The van der Waals surface area contributed by atoms with Gasteiger partial charge in [-0.3, -0.25) is 4.31 Å². The summed E-state index contributed by atoms with van der Waals surface area (Å²) in [6.07, 6.45) is -0.704. The van der Waals surface area contributed by atoms with Crippen LogP contribution < -0.4 is 4.31 Å². The van der Waals surface area contributed by atoms with Crippen LogP contribution in [0, 0.1) is 6.92 Å². The quantitative estimate of drug-likeness (QED) is 0.945. The summed E-state index contributed by atoms with van der Waals surface area (Å²) in [6, 6.07) is 13.7. The van der Waals surface area contributed by atoms with Gasteiger partial charge in [-0.15, -0.1) is 0 Å². The fourth-order valence-corrected chi connectivity index (χ4v) is 3.24. The van der Waals surface area contributed by atoms with Crippen LogP contribution in [0.3, 0.4) is 0 Å². The van der Waals surface area contributed by atoms with Gasteiger partial charge in [0.25, 0.3) is 10.0 Å². The van der Waals surface area contributed by atoms with Crippen molar-refractivity contribution in [3.63, 3.8) is 0 Å². The Bertz CT molecular complexity index is 721. The molecule has 2 aromatic carbocycles. The molecular weight excluding hydrogens is 286 g/mol. The number of nitrogens with zero attached hydrogens (tertiary/aromatic N) is 1. The van der Waals surface area contributed by atoms with Crippen LogP contribution in [0.25, 0.3) is 0 Å². The van der Waals surface area contributed by atoms with Crippen molar-refractivity contribution < 1.29 is 13.5 Å². The first kappa shape index (κ1) is 15.5. The first-order valence-electron chi connectivity index (χ1n) is 6.66. The highest BCUT2D eigenvalue weighted by Gasteiger charge is 2.21. The van der Waals surface area contributed by atoms with E-state index in [-0.39, 0.29) is 4.90 Å². The number of aliphatic hydroxyl groups excluding tert-OH is 1. The number of rotatable bonds is 4. The lowest BCUT2D eigenvalue weighted by Crippen LogP contribution is -2.26. The Morgan fingerprint density at radius 2 is 1.71 bits per heavy atom. The maximum Gasteiger partial charge on any atom is 0.264 e. The molecule has 0 heterocycles. The average Bonchev–Trinajstić information content (AvgIpc) is 2.47. The van der Waals surface area contributed by atoms with E-state index in [2.05, 4.69) is 0 Å². The Kier molecular flexibility index (Phi) is 4.34. The third-order valence-electron chi connectivity index (χ3n) is 3.40. The van der Waals surface area contributed by atoms with Crippen molar-refractivity contribution in [2.45, 2.75) is 24.8 Å². The van der Waals surface area contributed by atoms with Gasteiger partial charge < -0.3 is 5.11 Å². The van der Waals surface area contributed by atoms with Gasteiger partial charge >= 0.3 is 0 Å². The van der Waals surface area contributed by atoms with Crippen LogP contribution in [-0.4, -0.2) is 20.6 Å². The second-order valence-electron chi connectivity index (χ2n) is 5.06. The van der Waals surface area contributed by atoms with Crippen molar-refractivity contribution in [3.8, 4) is 0 Å². The number of aliphatic hydroxyl groups is 1. The van der Waals surface area contributed by atoms with Crippen LogP contribution in [0.15, 0.2) is 53.4 Å². The Morgan fingerprint density at radius 1 is 1.10 bits per heavy atom. The van der Waals surface area contributed by atoms with Crippen molar-refractivity contribution in [2.75, 3.05) is 11.4 Å². The van der Waals surface area contributed by atoms with E-state index in [1.165, 1.54) is 23.5 Å². The summed E-state index contributed by atoms with van der Waals surface area (Å²) >= 11 is 0. The van der Waals surface area contributed by atoms with Gasteiger partial charge in [0.15, 0.2) is 0 Å². The van der Waals surface area contributed by atoms with Crippen LogP contribution in [0.2, 0.25) is 0 Å². The smallest absolute Gasteiger partial charge is 0.264 e. The Balaban J connectivity index is 2.41. The predicted molar refractivity (Wildman–Crippen MR) is 83.8 cm³/mol. The van der Waals surface area contributed by atoms with E-state index in [0.717, 1.165) is 5.56 Å². The van der Waals surface area contributed by atoms with Gasteiger partial charge in [-0.1, -0.05) is 29.8 Å². The number of anilines is 1. The lowest BCUT2D eigenvalue weighted by atomic mass is 10.1. The zero-order chi connectivity index (χ0) is 15.6. The summed E-state index contributed by atoms with van der Waals surface area (Å²) in [6.45, 7) is 3.56. The van der Waals surface area contributed by atoms with E-state index < -0.39 is 16.1 Å². The predicted octanol–water partition coefficient (Wildman–Crippen LogP) is 2.87. The second-order valence-corrected chi connectivity index (χ2v) is 7.03. The van der Waals surface area contributed by atoms with Gasteiger partial charge in [0.05, 0.1) is 16.7 Å². The van der Waals surface area contributed by atoms with Gasteiger partial charge in [0, 0.05) is 7.05 Å². The van der Waals surface area contributed by atoms with Crippen molar-refractivity contribution in [1.82, 2.24) is 0 Å². The monoisotopic (exact) mass is 305 g/mol. The van der Waals surface area contributed by atoms with Crippen molar-refractivity contribution in [2.24, 2.45) is 0 Å². The molecular formula is C16H19NO3S. The zero-order valence-corrected chi connectivity index (χ0v) is 13.1. The molecule has 0 fully saturated rings. The minimum Gasteiger partial charge on any atom is -0.389 e. The van der Waals surface area contributed by atoms with Gasteiger partial charge in [-0.2, -0.15) is 0 Å². The Labute approximate surface area is 125 Å². The first-order chi connectivity index (χ1) is 9.82. The molecule has 0 aliphatic rings. The summed E-state index contributed by atoms with van der Waals surface area (Å²) < 4.78 is 26.5. The molecule has 0 amide bonds. The van der Waals surface area contributed by atoms with Crippen molar-refractivity contribution >= 4 is 15.7 Å². The SMILES string of the molecule is Cc1ccc(N(C)S(=O)(=O)c2cccc(C(C)O)c2)cc1. The fraction of sp³-hybridized carbons (Fsp3) is 0.250. The molecule has 0 aromatic heterocycles. The van der Waals surface area contributed by atoms with E-state index in [0.29, 0.717) is 11.3 Å². The van der Waals surface area contributed by atoms with E-state index in [4.69, 9.17) is 0 Å². The molecule has 0 radical (unpaired) electrons. The molecule has 0 aliphatic heterocycles. The number of sulfonamides is 1. The van der Waals surface area contributed by atoms with Crippen LogP contribution in [0.5, 0.6) is 0 Å². The molecule has 2 aromatic rings. The third kappa shape index (κ3) is 3.25. The molecule has 1 N–H and O–H groups in total. The van der Waals surface area contributed by atoms with E-state index in [1.807, 2.05) is 19.1 Å². The van der Waals surface area contributed by atoms with Crippen LogP contribution in [0.4, 0.5) is 5.69 Å². The molecule has 2 rings (SSSR count). The maximum absolute atomic E-state index is 12.6. The minimum absolute atomic E-state index is 0.170. The van der Waals surface area contributed by atoms with Crippen LogP contribution in [-0.2, 0) is 10.0 Å². The van der Waals surface area contributed by atoms with Crippen LogP contribution in [0.1, 0.15) is 24.2 Å². The summed E-state index contributed by atoms with van der Waals surface area (Å²) in [4.78, 5) is 0.170. The number of aryl methyl sites for hydroxylation is 1. The molecule has 0 spiro atoms. The largest absolute Gasteiger partial charge is 0.389 e. The average molecular weight is 305 g/mol. The van der Waals surface area contributed by atoms with E-state index in [1.54, 1.807) is 31.2 Å². The standard InChI is InChI=1S/C16H19NO3S/c1-12-7-9-15(10-8-12)17(3)21(19,20)16-6-4-5-14(11-16)13(2)18/h4-11,13,18H,1-3H3. The number of hydrogen-bond acceptors (Lipinski definition) is 3. The molecule has 4 nitrogen and oxygen atoms in total. The molecule has 0 saturated carbocycles. The van der Waals surface area contributed by atoms with Gasteiger partial charge in [0.1, 0.15) is 0 Å². The molecule has 5 heteroatoms. The summed E-state index contributed by atoms with van der Waals surface area (Å²) in [7, 11) is -2.12. The summed E-state index contributed by atoms with van der Waals surface area (Å²) in [5, 5.41) is 9.59. The Hall–Kier alpha value is -1.85. The molecule has 0 aliphatic carbocycles. The highest BCUT2D eigenvalue weighted by molar-refractivity contribution is 7.92. The lowest BCUT2D eigenvalue weighted by molar-refractivity contribution is 0.199. The molecule has 1 atom stereocenters. The van der Waals surface area contributed by atoms with E-state index >= 15 is 0 Å². The maximum atomic E-state index is 12.6. The van der Waals surface area contributed by atoms with Crippen LogP contribution >= 0.6 is 0 Å². The van der Waals surface area contributed by atoms with E-state index in [9.17, 15) is 13.5 Å². The Morgan fingerprint density at radius 3 is 2.29 bits per heavy atom. The summed E-state index contributed by atoms with van der Waals surface area (Å²) in [5.74, 6) is 0. The fourth-order valence-electron chi connectivity index (χ4n) is 1.99. The van der Waals surface area contributed by atoms with Crippen molar-refractivity contribution in [1.29, 1.82) is 0 Å². The van der Waals surface area contributed by atoms with Crippen molar-refractivity contribution in [3.05, 3.63) is 59.7 Å². The van der Waals surface area contributed by atoms with Gasteiger partial charge in [-0.25, -0.2) is 8.42 Å². The number of benzene rings is 2. The topological polar surface area (TPSA) is 57.6 Å². The summed E-state index contributed by atoms with van der Waals surface area (Å²) in [5.41, 5.74) is 2.25. The normalized spacial score (nSPS) is 13.0. The molecule has 0 saturated heterocycles. The lowest BCUT2D eigenvalue weighted by Gasteiger charge is -2.20. The van der Waals surface area contributed by atoms with Gasteiger partial charge in [0.2, 0.25) is 0 Å². The third-order valence-corrected chi connectivity index (χ3v) is 5.18. The molecule has 0 bridgehead atoms. The second kappa shape index (κ2) is 5.87. The number of hydrogen-bond donors (Lipinski definition) is 1. The highest BCUT2D eigenvalue weighted by Crippen LogP contribution is 2.24. The first-order valence-corrected chi connectivity index (χ1v) is 8.10. The van der Waals surface area contributed by atoms with Gasteiger partial charge in [-0.05, 0) is 43.7 Å². The molecule has 112 valence electrons. The zero-order valence-electron chi connectivity index (χ0n) is 12.3. The minimum atomic E-state index is -3.64. The highest BCUT2D eigenvalue weighted by atomic mass is 32.2.